The zero-order valence-corrected chi connectivity index (χ0v) is 11.6. The van der Waals surface area contributed by atoms with Crippen LogP contribution in [0.2, 0.25) is 0 Å². The zero-order chi connectivity index (χ0) is 12.3. The fourth-order valence-corrected chi connectivity index (χ4v) is 2.82. The molecule has 1 unspecified atom stereocenters. The summed E-state index contributed by atoms with van der Waals surface area (Å²) < 4.78 is 0. The van der Waals surface area contributed by atoms with Crippen LogP contribution < -0.4 is 5.73 Å². The van der Waals surface area contributed by atoms with Crippen LogP contribution in [0, 0.1) is 0 Å². The molecule has 0 saturated carbocycles. The van der Waals surface area contributed by atoms with Crippen molar-refractivity contribution in [2.75, 3.05) is 26.2 Å². The first-order valence-electron chi connectivity index (χ1n) is 5.81. The zero-order valence-electron chi connectivity index (χ0n) is 10.0. The number of hydrogen-bond donors (Lipinski definition) is 1. The first-order valence-corrected chi connectivity index (χ1v) is 7.09. The van der Waals surface area contributed by atoms with E-state index in [-0.39, 0.29) is 6.04 Å². The fraction of sp³-hybridized carbons (Fsp3) is 0.636. The van der Waals surface area contributed by atoms with Crippen LogP contribution in [0.3, 0.4) is 0 Å². The second kappa shape index (κ2) is 5.86. The quantitative estimate of drug-likeness (QED) is 0.825. The van der Waals surface area contributed by atoms with Crippen LogP contribution in [-0.2, 0) is 6.54 Å². The highest BCUT2D eigenvalue weighted by Gasteiger charge is 2.22. The van der Waals surface area contributed by atoms with Gasteiger partial charge in [0.15, 0.2) is 0 Å². The lowest BCUT2D eigenvalue weighted by Gasteiger charge is -2.37. The molecule has 1 saturated heterocycles. The molecule has 1 fully saturated rings. The van der Waals surface area contributed by atoms with Crippen LogP contribution in [0.1, 0.15) is 11.9 Å². The van der Waals surface area contributed by atoms with Gasteiger partial charge in [0, 0.05) is 37.8 Å². The van der Waals surface area contributed by atoms with E-state index < -0.39 is 0 Å². The van der Waals surface area contributed by atoms with Gasteiger partial charge in [0.2, 0.25) is 0 Å². The summed E-state index contributed by atoms with van der Waals surface area (Å²) in [4.78, 5) is 9.69. The van der Waals surface area contributed by atoms with Gasteiger partial charge in [0.1, 0.15) is 5.01 Å². The van der Waals surface area contributed by atoms with Crippen molar-refractivity contribution < 1.29 is 0 Å². The second-order valence-electron chi connectivity index (χ2n) is 4.32. The van der Waals surface area contributed by atoms with Crippen molar-refractivity contribution in [1.29, 1.82) is 0 Å². The number of nitrogens with zero attached hydrogens (tertiary/aromatic N) is 3. The number of hydrogen-bond acceptors (Lipinski definition) is 5. The summed E-state index contributed by atoms with van der Waals surface area (Å²) in [5.41, 5.74) is 5.68. The van der Waals surface area contributed by atoms with Crippen molar-refractivity contribution in [3.8, 4) is 0 Å². The highest BCUT2D eigenvalue weighted by molar-refractivity contribution is 7.80. The molecular formula is C11H18N4S2. The minimum absolute atomic E-state index is 0.215. The standard InChI is InChI=1S/C11H18N4S2/c1-9(11(12)16)15-5-3-14(4-6-15)8-10-13-2-7-17-10/h2,7,9H,3-6,8H2,1H3,(H2,12,16). The molecule has 6 heteroatoms. The summed E-state index contributed by atoms with van der Waals surface area (Å²) in [5.74, 6) is 0. The molecular weight excluding hydrogens is 252 g/mol. The molecule has 1 aliphatic heterocycles. The van der Waals surface area contributed by atoms with Gasteiger partial charge in [0.25, 0.3) is 0 Å². The van der Waals surface area contributed by atoms with Gasteiger partial charge in [-0.25, -0.2) is 4.98 Å². The van der Waals surface area contributed by atoms with Crippen molar-refractivity contribution >= 4 is 28.5 Å². The van der Waals surface area contributed by atoms with E-state index in [1.165, 1.54) is 5.01 Å². The third-order valence-electron chi connectivity index (χ3n) is 3.21. The van der Waals surface area contributed by atoms with Gasteiger partial charge < -0.3 is 5.73 Å². The van der Waals surface area contributed by atoms with E-state index in [9.17, 15) is 0 Å². The maximum Gasteiger partial charge on any atom is 0.107 e. The molecule has 0 spiro atoms. The van der Waals surface area contributed by atoms with E-state index >= 15 is 0 Å². The molecule has 0 bridgehead atoms. The average molecular weight is 270 g/mol. The summed E-state index contributed by atoms with van der Waals surface area (Å²) in [6.45, 7) is 7.23. The Bertz CT molecular complexity index is 358. The summed E-state index contributed by atoms with van der Waals surface area (Å²) >= 11 is 6.76. The predicted octanol–water partition coefficient (Wildman–Crippen LogP) is 0.935. The Morgan fingerprint density at radius 3 is 2.76 bits per heavy atom. The number of aromatic nitrogens is 1. The van der Waals surface area contributed by atoms with Crippen LogP contribution in [-0.4, -0.2) is 52.0 Å². The van der Waals surface area contributed by atoms with Gasteiger partial charge in [-0.05, 0) is 6.92 Å². The summed E-state index contributed by atoms with van der Waals surface area (Å²) in [7, 11) is 0. The number of nitrogens with two attached hydrogens (primary N) is 1. The van der Waals surface area contributed by atoms with Crippen LogP contribution in [0.15, 0.2) is 11.6 Å². The molecule has 1 aliphatic rings. The Hall–Kier alpha value is -0.560. The molecule has 1 aromatic heterocycles. The normalized spacial score (nSPS) is 20.3. The molecule has 2 rings (SSSR count). The molecule has 0 aromatic carbocycles. The Labute approximate surface area is 111 Å². The van der Waals surface area contributed by atoms with Crippen molar-refractivity contribution in [2.24, 2.45) is 5.73 Å². The first kappa shape index (κ1) is 12.9. The smallest absolute Gasteiger partial charge is 0.107 e. The van der Waals surface area contributed by atoms with Gasteiger partial charge in [-0.1, -0.05) is 12.2 Å². The van der Waals surface area contributed by atoms with Gasteiger partial charge in [-0.2, -0.15) is 0 Å². The highest BCUT2D eigenvalue weighted by Crippen LogP contribution is 2.12. The molecule has 4 nitrogen and oxygen atoms in total. The largest absolute Gasteiger partial charge is 0.392 e. The Morgan fingerprint density at radius 1 is 1.53 bits per heavy atom. The Balaban J connectivity index is 1.80. The maximum absolute atomic E-state index is 5.68. The molecule has 2 heterocycles. The minimum Gasteiger partial charge on any atom is -0.392 e. The van der Waals surface area contributed by atoms with E-state index in [0.717, 1.165) is 32.7 Å². The Kier molecular flexibility index (Phi) is 4.44. The monoisotopic (exact) mass is 270 g/mol. The number of piperazine rings is 1. The van der Waals surface area contributed by atoms with Crippen molar-refractivity contribution in [2.45, 2.75) is 19.5 Å². The molecule has 94 valence electrons. The third-order valence-corrected chi connectivity index (χ3v) is 4.31. The number of thiocarbonyl (C=S) groups is 1. The average Bonchev–Trinajstić information content (AvgIpc) is 2.82. The van der Waals surface area contributed by atoms with E-state index in [2.05, 4.69) is 21.7 Å². The van der Waals surface area contributed by atoms with Crippen LogP contribution >= 0.6 is 23.6 Å². The van der Waals surface area contributed by atoms with Gasteiger partial charge in [-0.3, -0.25) is 9.80 Å². The Morgan fingerprint density at radius 2 is 2.24 bits per heavy atom. The van der Waals surface area contributed by atoms with E-state index in [1.807, 2.05) is 11.6 Å². The SMILES string of the molecule is CC(C(N)=S)N1CCN(Cc2nccs2)CC1. The molecule has 2 N–H and O–H groups in total. The predicted molar refractivity (Wildman–Crippen MR) is 75.2 cm³/mol. The van der Waals surface area contributed by atoms with Crippen LogP contribution in [0.5, 0.6) is 0 Å². The van der Waals surface area contributed by atoms with Crippen molar-refractivity contribution in [3.63, 3.8) is 0 Å². The summed E-state index contributed by atoms with van der Waals surface area (Å²) in [6.07, 6.45) is 1.87. The number of rotatable bonds is 4. The molecule has 1 aromatic rings. The molecule has 17 heavy (non-hydrogen) atoms. The highest BCUT2D eigenvalue weighted by atomic mass is 32.1. The molecule has 0 radical (unpaired) electrons. The topological polar surface area (TPSA) is 45.4 Å². The first-order chi connectivity index (χ1) is 8.16. The van der Waals surface area contributed by atoms with Gasteiger partial charge in [0.05, 0.1) is 17.6 Å². The van der Waals surface area contributed by atoms with Crippen molar-refractivity contribution in [3.05, 3.63) is 16.6 Å². The minimum atomic E-state index is 0.215. The lowest BCUT2D eigenvalue weighted by molar-refractivity contribution is 0.118. The molecule has 0 amide bonds. The van der Waals surface area contributed by atoms with Crippen LogP contribution in [0.4, 0.5) is 0 Å². The fourth-order valence-electron chi connectivity index (χ4n) is 2.01. The van der Waals surface area contributed by atoms with Crippen molar-refractivity contribution in [1.82, 2.24) is 14.8 Å². The number of thiazole rings is 1. The van der Waals surface area contributed by atoms with Gasteiger partial charge in [-0.15, -0.1) is 11.3 Å². The third kappa shape index (κ3) is 3.45. The summed E-state index contributed by atoms with van der Waals surface area (Å²) in [5, 5.41) is 3.22. The lowest BCUT2D eigenvalue weighted by Crippen LogP contribution is -2.52. The molecule has 0 aliphatic carbocycles. The van der Waals surface area contributed by atoms with E-state index in [4.69, 9.17) is 18.0 Å². The lowest BCUT2D eigenvalue weighted by atomic mass is 10.2. The molecule has 1 atom stereocenters. The second-order valence-corrected chi connectivity index (χ2v) is 5.77. The van der Waals surface area contributed by atoms with E-state index in [0.29, 0.717) is 4.99 Å². The summed E-state index contributed by atoms with van der Waals surface area (Å²) in [6, 6.07) is 0.215. The maximum atomic E-state index is 5.68. The van der Waals surface area contributed by atoms with E-state index in [1.54, 1.807) is 11.3 Å². The van der Waals surface area contributed by atoms with Gasteiger partial charge >= 0.3 is 0 Å². The van der Waals surface area contributed by atoms with Crippen LogP contribution in [0.25, 0.3) is 0 Å².